The molecule has 0 aliphatic rings. The van der Waals surface area contributed by atoms with Gasteiger partial charge in [0.25, 0.3) is 0 Å². The van der Waals surface area contributed by atoms with Crippen molar-refractivity contribution in [3.63, 3.8) is 0 Å². The normalized spacial score (nSPS) is 12.4. The smallest absolute Gasteiger partial charge is 0.303 e. The van der Waals surface area contributed by atoms with Gasteiger partial charge in [0, 0.05) is 23.9 Å². The molecule has 4 heteroatoms. The van der Waals surface area contributed by atoms with Crippen molar-refractivity contribution in [1.29, 1.82) is 0 Å². The lowest BCUT2D eigenvalue weighted by molar-refractivity contribution is -0.137. The van der Waals surface area contributed by atoms with Crippen molar-refractivity contribution in [2.45, 2.75) is 65.7 Å². The Hall–Kier alpha value is -2.10. The van der Waals surface area contributed by atoms with Crippen molar-refractivity contribution < 1.29 is 14.7 Å². The molecule has 1 aromatic carbocycles. The predicted octanol–water partition coefficient (Wildman–Crippen LogP) is 5.21. The number of nitrogens with zero attached hydrogens (tertiary/aromatic N) is 1. The van der Waals surface area contributed by atoms with Crippen LogP contribution in [0.25, 0.3) is 10.9 Å². The molecule has 2 aromatic rings. The van der Waals surface area contributed by atoms with Crippen LogP contribution in [0.4, 0.5) is 0 Å². The van der Waals surface area contributed by atoms with Gasteiger partial charge in [-0.2, -0.15) is 0 Å². The Morgan fingerprint density at radius 1 is 1.12 bits per heavy atom. The van der Waals surface area contributed by atoms with E-state index in [1.54, 1.807) is 0 Å². The van der Waals surface area contributed by atoms with E-state index in [1.165, 1.54) is 24.8 Å². The molecule has 1 unspecified atom stereocenters. The van der Waals surface area contributed by atoms with Crippen molar-refractivity contribution in [1.82, 2.24) is 4.57 Å². The second-order valence-electron chi connectivity index (χ2n) is 7.04. The number of carbonyl (C=O) groups is 2. The van der Waals surface area contributed by atoms with Gasteiger partial charge < -0.3 is 5.11 Å². The summed E-state index contributed by atoms with van der Waals surface area (Å²) in [6.07, 6.45) is 5.81. The van der Waals surface area contributed by atoms with E-state index < -0.39 is 5.97 Å². The molecule has 0 aliphatic heterocycles. The van der Waals surface area contributed by atoms with Gasteiger partial charge in [-0.25, -0.2) is 0 Å². The lowest BCUT2D eigenvalue weighted by Crippen LogP contribution is -2.18. The lowest BCUT2D eigenvalue weighted by atomic mass is 10.0. The zero-order valence-corrected chi connectivity index (χ0v) is 15.5. The minimum Gasteiger partial charge on any atom is -0.481 e. The maximum absolute atomic E-state index is 12.9. The predicted molar refractivity (Wildman–Crippen MR) is 101 cm³/mol. The van der Waals surface area contributed by atoms with E-state index in [2.05, 4.69) is 19.9 Å². The van der Waals surface area contributed by atoms with Crippen LogP contribution in [-0.4, -0.2) is 21.6 Å². The number of para-hydroxylation sites is 1. The molecule has 0 bridgehead atoms. The first-order valence-corrected chi connectivity index (χ1v) is 9.29. The zero-order chi connectivity index (χ0) is 18.4. The number of rotatable bonds is 9. The van der Waals surface area contributed by atoms with Crippen LogP contribution in [0.5, 0.6) is 0 Å². The standard InChI is InChI=1S/C21H29NO3/c1-4-5-6-7-11-18-16(3)17-10-8-9-12-19(17)22(18)20(23)13-15(2)14-21(24)25/h8-10,12,15H,4-7,11,13-14H2,1-3H3,(H,24,25). The summed E-state index contributed by atoms with van der Waals surface area (Å²) >= 11 is 0. The fourth-order valence-electron chi connectivity index (χ4n) is 3.52. The molecule has 25 heavy (non-hydrogen) atoms. The maximum atomic E-state index is 12.9. The SMILES string of the molecule is CCCCCCc1c(C)c2ccccc2n1C(=O)CC(C)CC(=O)O. The third-order valence-corrected chi connectivity index (χ3v) is 4.81. The average Bonchev–Trinajstić information content (AvgIpc) is 2.83. The molecular weight excluding hydrogens is 314 g/mol. The highest BCUT2D eigenvalue weighted by atomic mass is 16.4. The first-order chi connectivity index (χ1) is 12.0. The summed E-state index contributed by atoms with van der Waals surface area (Å²) in [5, 5.41) is 10.1. The Labute approximate surface area is 149 Å². The second kappa shape index (κ2) is 8.84. The van der Waals surface area contributed by atoms with Gasteiger partial charge in [-0.3, -0.25) is 14.2 Å². The van der Waals surface area contributed by atoms with Crippen LogP contribution in [0.2, 0.25) is 0 Å². The van der Waals surface area contributed by atoms with Gasteiger partial charge in [-0.1, -0.05) is 51.3 Å². The first kappa shape index (κ1) is 19.2. The molecule has 0 amide bonds. The highest BCUT2D eigenvalue weighted by molar-refractivity contribution is 5.96. The van der Waals surface area contributed by atoms with Crippen molar-refractivity contribution in [2.75, 3.05) is 0 Å². The molecule has 0 aliphatic carbocycles. The highest BCUT2D eigenvalue weighted by Crippen LogP contribution is 2.28. The number of fused-ring (bicyclic) bond motifs is 1. The van der Waals surface area contributed by atoms with Crippen LogP contribution < -0.4 is 0 Å². The number of aromatic nitrogens is 1. The number of carbonyl (C=O) groups excluding carboxylic acids is 1. The average molecular weight is 343 g/mol. The van der Waals surface area contributed by atoms with Gasteiger partial charge in [-0.05, 0) is 37.3 Å². The van der Waals surface area contributed by atoms with Crippen LogP contribution in [0.1, 0.15) is 68.4 Å². The molecule has 4 nitrogen and oxygen atoms in total. The van der Waals surface area contributed by atoms with Crippen molar-refractivity contribution in [2.24, 2.45) is 5.92 Å². The zero-order valence-electron chi connectivity index (χ0n) is 15.5. The Kier molecular flexibility index (Phi) is 6.80. The Balaban J connectivity index is 2.31. The molecule has 1 heterocycles. The van der Waals surface area contributed by atoms with E-state index in [1.807, 2.05) is 29.7 Å². The van der Waals surface area contributed by atoms with Crippen LogP contribution in [0, 0.1) is 12.8 Å². The number of aryl methyl sites for hydroxylation is 1. The number of unbranched alkanes of at least 4 members (excludes halogenated alkanes) is 3. The van der Waals surface area contributed by atoms with E-state index >= 15 is 0 Å². The van der Waals surface area contributed by atoms with Crippen LogP contribution >= 0.6 is 0 Å². The minimum atomic E-state index is -0.853. The van der Waals surface area contributed by atoms with E-state index in [4.69, 9.17) is 5.11 Å². The van der Waals surface area contributed by atoms with E-state index in [0.29, 0.717) is 0 Å². The molecule has 0 saturated carbocycles. The number of carboxylic acids is 1. The summed E-state index contributed by atoms with van der Waals surface area (Å²) < 4.78 is 1.84. The van der Waals surface area contributed by atoms with Crippen molar-refractivity contribution in [3.05, 3.63) is 35.5 Å². The van der Waals surface area contributed by atoms with Gasteiger partial charge in [0.15, 0.2) is 0 Å². The van der Waals surface area contributed by atoms with Crippen LogP contribution in [0.3, 0.4) is 0 Å². The van der Waals surface area contributed by atoms with Gasteiger partial charge in [0.2, 0.25) is 5.91 Å². The molecule has 0 fully saturated rings. The monoisotopic (exact) mass is 343 g/mol. The van der Waals surface area contributed by atoms with Crippen molar-refractivity contribution >= 4 is 22.8 Å². The maximum Gasteiger partial charge on any atom is 0.303 e. The quantitative estimate of drug-likeness (QED) is 0.636. The van der Waals surface area contributed by atoms with Crippen LogP contribution in [-0.2, 0) is 11.2 Å². The second-order valence-corrected chi connectivity index (χ2v) is 7.04. The molecular formula is C21H29NO3. The van der Waals surface area contributed by atoms with E-state index in [-0.39, 0.29) is 24.7 Å². The summed E-state index contributed by atoms with van der Waals surface area (Å²) in [5.41, 5.74) is 3.20. The summed E-state index contributed by atoms with van der Waals surface area (Å²) in [6.45, 7) is 6.10. The van der Waals surface area contributed by atoms with Gasteiger partial charge in [-0.15, -0.1) is 0 Å². The first-order valence-electron chi connectivity index (χ1n) is 9.29. The Morgan fingerprint density at radius 3 is 2.52 bits per heavy atom. The summed E-state index contributed by atoms with van der Waals surface area (Å²) in [7, 11) is 0. The van der Waals surface area contributed by atoms with Gasteiger partial charge in [0.1, 0.15) is 0 Å². The molecule has 2 rings (SSSR count). The Bertz CT molecular complexity index is 745. The summed E-state index contributed by atoms with van der Waals surface area (Å²) in [4.78, 5) is 23.8. The van der Waals surface area contributed by atoms with Crippen LogP contribution in [0.15, 0.2) is 24.3 Å². The molecule has 0 spiro atoms. The fourth-order valence-corrected chi connectivity index (χ4v) is 3.52. The number of benzene rings is 1. The van der Waals surface area contributed by atoms with E-state index in [9.17, 15) is 9.59 Å². The highest BCUT2D eigenvalue weighted by Gasteiger charge is 2.21. The van der Waals surface area contributed by atoms with Gasteiger partial charge in [0.05, 0.1) is 5.52 Å². The molecule has 1 aromatic heterocycles. The lowest BCUT2D eigenvalue weighted by Gasteiger charge is -2.13. The molecule has 136 valence electrons. The number of hydrogen-bond acceptors (Lipinski definition) is 2. The number of hydrogen-bond donors (Lipinski definition) is 1. The third kappa shape index (κ3) is 4.71. The fraction of sp³-hybridized carbons (Fsp3) is 0.524. The largest absolute Gasteiger partial charge is 0.481 e. The molecule has 1 atom stereocenters. The van der Waals surface area contributed by atoms with Crippen molar-refractivity contribution in [3.8, 4) is 0 Å². The summed E-state index contributed by atoms with van der Waals surface area (Å²) in [6, 6.07) is 7.99. The minimum absolute atomic E-state index is 0.00328. The van der Waals surface area contributed by atoms with Gasteiger partial charge >= 0.3 is 5.97 Å². The number of carboxylic acid groups (broad SMARTS) is 1. The molecule has 1 N–H and O–H groups in total. The third-order valence-electron chi connectivity index (χ3n) is 4.81. The van der Waals surface area contributed by atoms with E-state index in [0.717, 1.165) is 29.4 Å². The molecule has 0 radical (unpaired) electrons. The Morgan fingerprint density at radius 2 is 1.84 bits per heavy atom. The molecule has 0 saturated heterocycles. The topological polar surface area (TPSA) is 59.3 Å². The summed E-state index contributed by atoms with van der Waals surface area (Å²) in [5.74, 6) is -1.02. The number of aliphatic carboxylic acids is 1.